The van der Waals surface area contributed by atoms with Crippen molar-refractivity contribution in [2.24, 2.45) is 0 Å². The summed E-state index contributed by atoms with van der Waals surface area (Å²) in [5.74, 6) is 0.385. The van der Waals surface area contributed by atoms with E-state index in [1.807, 2.05) is 24.3 Å². The number of hydrogen-bond donors (Lipinski definition) is 3. The lowest BCUT2D eigenvalue weighted by Gasteiger charge is -2.04. The minimum atomic E-state index is -0.376. The number of nitrogens with zero attached hydrogens (tertiary/aromatic N) is 1. The summed E-state index contributed by atoms with van der Waals surface area (Å²) in [4.78, 5) is 12.2. The Balaban J connectivity index is 1.78. The lowest BCUT2D eigenvalue weighted by Crippen LogP contribution is -2.12. The third-order valence-corrected chi connectivity index (χ3v) is 3.36. The number of carbonyl (C=O) groups is 1. The van der Waals surface area contributed by atoms with E-state index in [0.29, 0.717) is 17.1 Å². The van der Waals surface area contributed by atoms with Gasteiger partial charge in [-0.15, -0.1) is 0 Å². The molecule has 6 heteroatoms. The molecule has 6 nitrogen and oxygen atoms in total. The van der Waals surface area contributed by atoms with Crippen LogP contribution in [0.4, 0.5) is 5.69 Å². The third-order valence-electron chi connectivity index (χ3n) is 3.36. The molecule has 0 fully saturated rings. The SMILES string of the molecule is COc1ccc(-c2cc(C(=O)Nc3ccccc3O)[nH]n2)cc1. The van der Waals surface area contributed by atoms with Crippen LogP contribution < -0.4 is 10.1 Å². The number of H-pyrrole nitrogens is 1. The van der Waals surface area contributed by atoms with Gasteiger partial charge in [-0.1, -0.05) is 12.1 Å². The maximum Gasteiger partial charge on any atom is 0.273 e. The van der Waals surface area contributed by atoms with Gasteiger partial charge in [0.2, 0.25) is 0 Å². The normalized spacial score (nSPS) is 10.3. The van der Waals surface area contributed by atoms with Crippen LogP contribution in [0.25, 0.3) is 11.3 Å². The molecule has 0 aliphatic rings. The predicted molar refractivity (Wildman–Crippen MR) is 86.6 cm³/mol. The molecule has 2 aromatic carbocycles. The maximum atomic E-state index is 12.2. The van der Waals surface area contributed by atoms with E-state index in [-0.39, 0.29) is 11.7 Å². The Morgan fingerprint density at radius 3 is 2.61 bits per heavy atom. The number of aromatic amines is 1. The Morgan fingerprint density at radius 2 is 1.91 bits per heavy atom. The number of aromatic hydroxyl groups is 1. The molecule has 3 rings (SSSR count). The molecule has 0 aliphatic carbocycles. The van der Waals surface area contributed by atoms with Crippen LogP contribution in [-0.2, 0) is 0 Å². The Morgan fingerprint density at radius 1 is 1.17 bits per heavy atom. The van der Waals surface area contributed by atoms with Gasteiger partial charge in [0, 0.05) is 5.56 Å². The molecule has 0 radical (unpaired) electrons. The van der Waals surface area contributed by atoms with Crippen molar-refractivity contribution >= 4 is 11.6 Å². The molecule has 116 valence electrons. The summed E-state index contributed by atoms with van der Waals surface area (Å²) < 4.78 is 5.11. The summed E-state index contributed by atoms with van der Waals surface area (Å²) in [5.41, 5.74) is 2.16. The van der Waals surface area contributed by atoms with Crippen LogP contribution in [0, 0.1) is 0 Å². The van der Waals surface area contributed by atoms with Crippen LogP contribution in [0.1, 0.15) is 10.5 Å². The van der Waals surface area contributed by atoms with Gasteiger partial charge >= 0.3 is 0 Å². The van der Waals surface area contributed by atoms with Crippen LogP contribution in [0.3, 0.4) is 0 Å². The first-order valence-corrected chi connectivity index (χ1v) is 6.96. The van der Waals surface area contributed by atoms with Crippen LogP contribution in [-0.4, -0.2) is 28.3 Å². The number of benzene rings is 2. The molecule has 23 heavy (non-hydrogen) atoms. The molecular weight excluding hydrogens is 294 g/mol. The van der Waals surface area contributed by atoms with E-state index in [0.717, 1.165) is 11.3 Å². The summed E-state index contributed by atoms with van der Waals surface area (Å²) in [7, 11) is 1.60. The van der Waals surface area contributed by atoms with E-state index >= 15 is 0 Å². The van der Waals surface area contributed by atoms with Gasteiger partial charge in [-0.05, 0) is 42.5 Å². The zero-order valence-corrected chi connectivity index (χ0v) is 12.4. The van der Waals surface area contributed by atoms with E-state index in [2.05, 4.69) is 15.5 Å². The number of rotatable bonds is 4. The largest absolute Gasteiger partial charge is 0.506 e. The molecule has 0 saturated carbocycles. The van der Waals surface area contributed by atoms with Gasteiger partial charge in [-0.2, -0.15) is 5.10 Å². The molecule has 1 aromatic heterocycles. The number of methoxy groups -OCH3 is 1. The van der Waals surface area contributed by atoms with Gasteiger partial charge in [-0.3, -0.25) is 9.89 Å². The van der Waals surface area contributed by atoms with Crippen molar-refractivity contribution in [2.45, 2.75) is 0 Å². The number of amides is 1. The number of ether oxygens (including phenoxy) is 1. The minimum Gasteiger partial charge on any atom is -0.506 e. The Labute approximate surface area is 132 Å². The minimum absolute atomic E-state index is 0.00995. The fourth-order valence-corrected chi connectivity index (χ4v) is 2.12. The van der Waals surface area contributed by atoms with Gasteiger partial charge in [-0.25, -0.2) is 0 Å². The molecule has 0 bridgehead atoms. The highest BCUT2D eigenvalue weighted by atomic mass is 16.5. The lowest BCUT2D eigenvalue weighted by atomic mass is 10.1. The highest BCUT2D eigenvalue weighted by Crippen LogP contribution is 2.24. The quantitative estimate of drug-likeness (QED) is 0.646. The molecule has 0 atom stereocenters. The number of phenolic OH excluding ortho intramolecular Hbond substituents is 1. The smallest absolute Gasteiger partial charge is 0.273 e. The number of anilines is 1. The average molecular weight is 309 g/mol. The summed E-state index contributed by atoms with van der Waals surface area (Å²) in [6.45, 7) is 0. The lowest BCUT2D eigenvalue weighted by molar-refractivity contribution is 0.102. The second-order valence-corrected chi connectivity index (χ2v) is 4.87. The second-order valence-electron chi connectivity index (χ2n) is 4.87. The Kier molecular flexibility index (Phi) is 3.97. The maximum absolute atomic E-state index is 12.2. The number of phenols is 1. The zero-order valence-electron chi connectivity index (χ0n) is 12.4. The highest BCUT2D eigenvalue weighted by Gasteiger charge is 2.12. The molecule has 1 heterocycles. The van der Waals surface area contributed by atoms with Gasteiger partial charge in [0.15, 0.2) is 0 Å². The van der Waals surface area contributed by atoms with Crippen molar-refractivity contribution in [2.75, 3.05) is 12.4 Å². The van der Waals surface area contributed by atoms with Crippen LogP contribution in [0.5, 0.6) is 11.5 Å². The van der Waals surface area contributed by atoms with Gasteiger partial charge < -0.3 is 15.2 Å². The number of aromatic nitrogens is 2. The zero-order chi connectivity index (χ0) is 16.2. The molecule has 0 spiro atoms. The van der Waals surface area contributed by atoms with Crippen molar-refractivity contribution < 1.29 is 14.6 Å². The fraction of sp³-hybridized carbons (Fsp3) is 0.0588. The summed E-state index contributed by atoms with van der Waals surface area (Å²) in [6, 6.07) is 15.6. The fourth-order valence-electron chi connectivity index (χ4n) is 2.12. The molecule has 0 aliphatic heterocycles. The van der Waals surface area contributed by atoms with Crippen LogP contribution in [0.2, 0.25) is 0 Å². The number of hydrogen-bond acceptors (Lipinski definition) is 4. The summed E-state index contributed by atoms with van der Waals surface area (Å²) >= 11 is 0. The van der Waals surface area contributed by atoms with Crippen molar-refractivity contribution in [1.29, 1.82) is 0 Å². The molecule has 3 aromatic rings. The first-order valence-electron chi connectivity index (χ1n) is 6.96. The second kappa shape index (κ2) is 6.23. The summed E-state index contributed by atoms with van der Waals surface area (Å²) in [6.07, 6.45) is 0. The topological polar surface area (TPSA) is 87.2 Å². The van der Waals surface area contributed by atoms with E-state index in [9.17, 15) is 9.90 Å². The molecular formula is C17H15N3O3. The average Bonchev–Trinajstić information content (AvgIpc) is 3.07. The highest BCUT2D eigenvalue weighted by molar-refractivity contribution is 6.04. The van der Waals surface area contributed by atoms with Gasteiger partial charge in [0.1, 0.15) is 17.2 Å². The number of nitrogens with one attached hydrogen (secondary N) is 2. The van der Waals surface area contributed by atoms with E-state index in [4.69, 9.17) is 4.74 Å². The van der Waals surface area contributed by atoms with E-state index in [1.54, 1.807) is 31.4 Å². The Bertz CT molecular complexity index is 825. The Hall–Kier alpha value is -3.28. The standard InChI is InChI=1S/C17H15N3O3/c1-23-12-8-6-11(7-9-12)14-10-15(20-19-14)17(22)18-13-4-2-3-5-16(13)21/h2-10,21H,1H3,(H,18,22)(H,19,20). The number of para-hydroxylation sites is 2. The molecule has 0 unspecified atom stereocenters. The number of carbonyl (C=O) groups excluding carboxylic acids is 1. The first kappa shape index (κ1) is 14.6. The van der Waals surface area contributed by atoms with Crippen LogP contribution in [0.15, 0.2) is 54.6 Å². The monoisotopic (exact) mass is 309 g/mol. The van der Waals surface area contributed by atoms with Crippen molar-refractivity contribution in [3.63, 3.8) is 0 Å². The molecule has 1 amide bonds. The van der Waals surface area contributed by atoms with Gasteiger partial charge in [0.05, 0.1) is 18.5 Å². The predicted octanol–water partition coefficient (Wildman–Crippen LogP) is 3.04. The van der Waals surface area contributed by atoms with Crippen LogP contribution >= 0.6 is 0 Å². The van der Waals surface area contributed by atoms with Crippen molar-refractivity contribution in [1.82, 2.24) is 10.2 Å². The summed E-state index contributed by atoms with van der Waals surface area (Å²) in [5, 5.41) is 19.2. The van der Waals surface area contributed by atoms with Crippen molar-refractivity contribution in [3.05, 3.63) is 60.3 Å². The van der Waals surface area contributed by atoms with E-state index < -0.39 is 0 Å². The molecule has 3 N–H and O–H groups in total. The van der Waals surface area contributed by atoms with Crippen molar-refractivity contribution in [3.8, 4) is 22.8 Å². The third kappa shape index (κ3) is 3.16. The first-order chi connectivity index (χ1) is 11.2. The van der Waals surface area contributed by atoms with Gasteiger partial charge in [0.25, 0.3) is 5.91 Å². The molecule has 0 saturated heterocycles. The van der Waals surface area contributed by atoms with E-state index in [1.165, 1.54) is 6.07 Å².